The van der Waals surface area contributed by atoms with Crippen molar-refractivity contribution in [2.75, 3.05) is 0 Å². The summed E-state index contributed by atoms with van der Waals surface area (Å²) in [5.74, 6) is -0.131. The van der Waals surface area contributed by atoms with E-state index in [2.05, 4.69) is 22.7 Å². The zero-order chi connectivity index (χ0) is 12.4. The smallest absolute Gasteiger partial charge is 0.266 e. The van der Waals surface area contributed by atoms with Crippen molar-refractivity contribution in [2.24, 2.45) is 5.10 Å². The van der Waals surface area contributed by atoms with Crippen LogP contribution in [0.5, 0.6) is 0 Å². The van der Waals surface area contributed by atoms with Crippen molar-refractivity contribution in [3.05, 3.63) is 57.8 Å². The minimum absolute atomic E-state index is 0.131. The maximum atomic E-state index is 11.7. The van der Waals surface area contributed by atoms with Crippen LogP contribution in [0.1, 0.15) is 20.8 Å². The van der Waals surface area contributed by atoms with E-state index in [9.17, 15) is 4.79 Å². The highest BCUT2D eigenvalue weighted by molar-refractivity contribution is 7.12. The fourth-order valence-electron chi connectivity index (χ4n) is 2.08. The van der Waals surface area contributed by atoms with Crippen LogP contribution in [0.3, 0.4) is 0 Å². The molecule has 0 spiro atoms. The number of rotatable bonds is 2. The number of carbonyl (C=O) groups is 1. The van der Waals surface area contributed by atoms with Crippen LogP contribution in [0.15, 0.2) is 46.9 Å². The fraction of sp³-hybridized carbons (Fsp3) is 0.143. The number of fused-ring (bicyclic) bond motifs is 1. The average molecular weight is 256 g/mol. The first-order chi connectivity index (χ1) is 8.83. The van der Waals surface area contributed by atoms with Gasteiger partial charge in [-0.25, -0.2) is 5.43 Å². The number of carbonyl (C=O) groups excluding carboxylic acids is 1. The summed E-state index contributed by atoms with van der Waals surface area (Å²) in [7, 11) is 0. The van der Waals surface area contributed by atoms with Gasteiger partial charge in [0.25, 0.3) is 5.91 Å². The number of benzene rings is 1. The van der Waals surface area contributed by atoms with Crippen LogP contribution in [0.2, 0.25) is 0 Å². The van der Waals surface area contributed by atoms with Crippen molar-refractivity contribution in [3.8, 4) is 0 Å². The number of hydrogen-bond donors (Lipinski definition) is 1. The molecule has 0 fully saturated rings. The average Bonchev–Trinajstić information content (AvgIpc) is 3.04. The Kier molecular flexibility index (Phi) is 2.94. The van der Waals surface area contributed by atoms with Gasteiger partial charge in [0.05, 0.1) is 4.88 Å². The van der Waals surface area contributed by atoms with E-state index in [-0.39, 0.29) is 5.91 Å². The maximum Gasteiger partial charge on any atom is 0.281 e. The molecule has 1 N–H and O–H groups in total. The highest BCUT2D eigenvalue weighted by Gasteiger charge is 2.16. The minimum atomic E-state index is -0.131. The molecule has 0 saturated heterocycles. The molecule has 0 radical (unpaired) electrons. The van der Waals surface area contributed by atoms with Crippen molar-refractivity contribution < 1.29 is 4.79 Å². The van der Waals surface area contributed by atoms with Gasteiger partial charge in [-0.2, -0.15) is 5.10 Å². The number of nitrogens with one attached hydrogen (secondary N) is 1. The summed E-state index contributed by atoms with van der Waals surface area (Å²) in [6.45, 7) is 0. The Labute approximate surface area is 109 Å². The van der Waals surface area contributed by atoms with E-state index in [1.54, 1.807) is 6.07 Å². The lowest BCUT2D eigenvalue weighted by Gasteiger charge is -1.98. The van der Waals surface area contributed by atoms with Gasteiger partial charge >= 0.3 is 0 Å². The lowest BCUT2D eigenvalue weighted by molar-refractivity contribution is 0.0958. The molecule has 1 aliphatic rings. The number of amides is 1. The normalized spacial score (nSPS) is 13.2. The van der Waals surface area contributed by atoms with Gasteiger partial charge in [-0.1, -0.05) is 30.3 Å². The molecule has 3 nitrogen and oxygen atoms in total. The molecular formula is C14H12N2OS. The first-order valence-electron chi connectivity index (χ1n) is 5.79. The molecule has 0 saturated carbocycles. The summed E-state index contributed by atoms with van der Waals surface area (Å²) < 4.78 is 0. The first-order valence-corrected chi connectivity index (χ1v) is 6.67. The van der Waals surface area contributed by atoms with Crippen molar-refractivity contribution in [3.63, 3.8) is 0 Å². The highest BCUT2D eigenvalue weighted by atomic mass is 32.1. The third-order valence-electron chi connectivity index (χ3n) is 2.97. The number of thiophene rings is 1. The molecule has 1 heterocycles. The molecule has 0 bridgehead atoms. The van der Waals surface area contributed by atoms with E-state index in [0.717, 1.165) is 18.6 Å². The van der Waals surface area contributed by atoms with Crippen LogP contribution in [0.4, 0.5) is 0 Å². The second kappa shape index (κ2) is 4.74. The summed E-state index contributed by atoms with van der Waals surface area (Å²) in [4.78, 5) is 12.4. The van der Waals surface area contributed by atoms with Crippen LogP contribution in [0, 0.1) is 0 Å². The Balaban J connectivity index is 1.68. The maximum absolute atomic E-state index is 11.7. The predicted molar refractivity (Wildman–Crippen MR) is 73.1 cm³/mol. The summed E-state index contributed by atoms with van der Waals surface area (Å²) in [6.07, 6.45) is 1.67. The third-order valence-corrected chi connectivity index (χ3v) is 3.84. The minimum Gasteiger partial charge on any atom is -0.266 e. The fourth-order valence-corrected chi connectivity index (χ4v) is 2.69. The van der Waals surface area contributed by atoms with Crippen LogP contribution in [-0.4, -0.2) is 11.6 Å². The van der Waals surface area contributed by atoms with Gasteiger partial charge in [-0.05, 0) is 22.6 Å². The molecule has 90 valence electrons. The van der Waals surface area contributed by atoms with Crippen molar-refractivity contribution >= 4 is 23.0 Å². The molecule has 1 amide bonds. The lowest BCUT2D eigenvalue weighted by atomic mass is 10.1. The van der Waals surface area contributed by atoms with Gasteiger partial charge in [-0.15, -0.1) is 11.3 Å². The van der Waals surface area contributed by atoms with Crippen molar-refractivity contribution in [1.29, 1.82) is 0 Å². The summed E-state index contributed by atoms with van der Waals surface area (Å²) in [6, 6.07) is 11.9. The number of hydrogen-bond acceptors (Lipinski definition) is 3. The summed E-state index contributed by atoms with van der Waals surface area (Å²) >= 11 is 1.42. The molecule has 0 unspecified atom stereocenters. The molecule has 0 atom stereocenters. The van der Waals surface area contributed by atoms with Crippen LogP contribution < -0.4 is 5.43 Å². The largest absolute Gasteiger partial charge is 0.281 e. The Morgan fingerprint density at radius 1 is 1.11 bits per heavy atom. The molecule has 1 aromatic carbocycles. The molecule has 1 aliphatic carbocycles. The number of nitrogens with zero attached hydrogens (tertiary/aromatic N) is 1. The van der Waals surface area contributed by atoms with Gasteiger partial charge in [0.2, 0.25) is 0 Å². The van der Waals surface area contributed by atoms with Gasteiger partial charge in [0.15, 0.2) is 0 Å². The summed E-state index contributed by atoms with van der Waals surface area (Å²) in [5, 5.41) is 6.10. The van der Waals surface area contributed by atoms with E-state index < -0.39 is 0 Å². The van der Waals surface area contributed by atoms with E-state index in [0.29, 0.717) is 4.88 Å². The van der Waals surface area contributed by atoms with Gasteiger partial charge in [0, 0.05) is 18.6 Å². The second-order valence-electron chi connectivity index (χ2n) is 4.22. The van der Waals surface area contributed by atoms with E-state index in [1.165, 1.54) is 22.5 Å². The molecule has 3 rings (SSSR count). The third kappa shape index (κ3) is 2.19. The second-order valence-corrected chi connectivity index (χ2v) is 5.17. The van der Waals surface area contributed by atoms with E-state index in [4.69, 9.17) is 0 Å². The zero-order valence-corrected chi connectivity index (χ0v) is 10.5. The molecule has 4 heteroatoms. The molecule has 18 heavy (non-hydrogen) atoms. The summed E-state index contributed by atoms with van der Waals surface area (Å²) in [5.41, 5.74) is 6.25. The Bertz CT molecular complexity index is 575. The zero-order valence-electron chi connectivity index (χ0n) is 9.72. The SMILES string of the molecule is O=C(NN=C1Cc2ccccc2C1)c1cccs1. The van der Waals surface area contributed by atoms with Crippen LogP contribution in [0.25, 0.3) is 0 Å². The topological polar surface area (TPSA) is 41.5 Å². The van der Waals surface area contributed by atoms with E-state index in [1.807, 2.05) is 23.6 Å². The van der Waals surface area contributed by atoms with E-state index >= 15 is 0 Å². The molecule has 2 aromatic rings. The Hall–Kier alpha value is -1.94. The van der Waals surface area contributed by atoms with Crippen LogP contribution in [-0.2, 0) is 12.8 Å². The highest BCUT2D eigenvalue weighted by Crippen LogP contribution is 2.19. The first kappa shape index (κ1) is 11.2. The predicted octanol–water partition coefficient (Wildman–Crippen LogP) is 2.63. The molecular weight excluding hydrogens is 244 g/mol. The van der Waals surface area contributed by atoms with Gasteiger partial charge < -0.3 is 0 Å². The standard InChI is InChI=1S/C14H12N2OS/c17-14(13-6-3-7-18-13)16-15-12-8-10-4-1-2-5-11(10)9-12/h1-7H,8-9H2,(H,16,17). The monoisotopic (exact) mass is 256 g/mol. The lowest BCUT2D eigenvalue weighted by Crippen LogP contribution is -2.18. The Morgan fingerprint density at radius 3 is 2.44 bits per heavy atom. The van der Waals surface area contributed by atoms with Crippen molar-refractivity contribution in [1.82, 2.24) is 5.43 Å². The molecule has 0 aliphatic heterocycles. The van der Waals surface area contributed by atoms with Gasteiger partial charge in [-0.3, -0.25) is 4.79 Å². The number of hydrazone groups is 1. The van der Waals surface area contributed by atoms with Gasteiger partial charge in [0.1, 0.15) is 0 Å². The Morgan fingerprint density at radius 2 is 1.83 bits per heavy atom. The quantitative estimate of drug-likeness (QED) is 0.825. The van der Waals surface area contributed by atoms with Crippen LogP contribution >= 0.6 is 11.3 Å². The van der Waals surface area contributed by atoms with Crippen molar-refractivity contribution in [2.45, 2.75) is 12.8 Å². The molecule has 1 aromatic heterocycles.